The van der Waals surface area contributed by atoms with Crippen molar-refractivity contribution in [3.8, 4) is 0 Å². The molecule has 1 N–H and O–H groups in total. The van der Waals surface area contributed by atoms with Gasteiger partial charge in [-0.15, -0.1) is 0 Å². The number of benzene rings is 1. The Morgan fingerprint density at radius 2 is 2.31 bits per heavy atom. The number of carbonyl (C=O) groups is 1. The summed E-state index contributed by atoms with van der Waals surface area (Å²) in [6, 6.07) is 4.23. The van der Waals surface area contributed by atoms with Crippen LogP contribution in [0.15, 0.2) is 22.7 Å². The van der Waals surface area contributed by atoms with Crippen molar-refractivity contribution in [2.45, 2.75) is 12.2 Å². The molecule has 0 aliphatic carbocycles. The Morgan fingerprint density at radius 3 is 2.88 bits per heavy atom. The van der Waals surface area contributed by atoms with Gasteiger partial charge in [0.2, 0.25) is 0 Å². The van der Waals surface area contributed by atoms with Gasteiger partial charge in [-0.25, -0.2) is 4.39 Å². The molecule has 0 aliphatic rings. The largest absolute Gasteiger partial charge is 0.351 e. The highest BCUT2D eigenvalue weighted by Crippen LogP contribution is 2.16. The molecule has 0 saturated carbocycles. The second-order valence-corrected chi connectivity index (χ2v) is 5.52. The molecule has 0 saturated heterocycles. The first-order chi connectivity index (χ1) is 7.54. The molecule has 0 radical (unpaired) electrons. The van der Waals surface area contributed by atoms with Gasteiger partial charge in [0, 0.05) is 17.4 Å². The zero-order valence-corrected chi connectivity index (χ0v) is 11.5. The Hall–Kier alpha value is -0.550. The van der Waals surface area contributed by atoms with Gasteiger partial charge in [-0.2, -0.15) is 11.8 Å². The molecule has 1 aromatic carbocycles. The lowest BCUT2D eigenvalue weighted by Gasteiger charge is -2.10. The third-order valence-corrected chi connectivity index (χ3v) is 3.71. The Labute approximate surface area is 107 Å². The van der Waals surface area contributed by atoms with Gasteiger partial charge in [0.05, 0.1) is 4.47 Å². The van der Waals surface area contributed by atoms with Crippen LogP contribution in [0.5, 0.6) is 0 Å². The fourth-order valence-corrected chi connectivity index (χ4v) is 1.69. The maximum absolute atomic E-state index is 12.9. The molecule has 0 aliphatic heterocycles. The van der Waals surface area contributed by atoms with Crippen LogP contribution in [-0.2, 0) is 0 Å². The van der Waals surface area contributed by atoms with Crippen molar-refractivity contribution in [1.29, 1.82) is 0 Å². The van der Waals surface area contributed by atoms with E-state index in [0.717, 1.165) is 0 Å². The van der Waals surface area contributed by atoms with E-state index in [1.165, 1.54) is 18.2 Å². The predicted molar refractivity (Wildman–Crippen MR) is 69.4 cm³/mol. The van der Waals surface area contributed by atoms with Crippen molar-refractivity contribution in [2.75, 3.05) is 12.8 Å². The normalized spacial score (nSPS) is 12.2. The van der Waals surface area contributed by atoms with E-state index in [9.17, 15) is 9.18 Å². The molecule has 1 aromatic rings. The molecule has 1 amide bonds. The number of hydrogen-bond acceptors (Lipinski definition) is 2. The number of amides is 1. The second-order valence-electron chi connectivity index (χ2n) is 3.39. The lowest BCUT2D eigenvalue weighted by Crippen LogP contribution is -2.29. The standard InChI is InChI=1S/C11H13BrFNOS/c1-7(16-2)6-14-11(15)8-3-4-10(13)9(12)5-8/h3-5,7H,6H2,1-2H3,(H,14,15). The molecule has 1 rings (SSSR count). The van der Waals surface area contributed by atoms with Crippen LogP contribution in [0, 0.1) is 5.82 Å². The lowest BCUT2D eigenvalue weighted by molar-refractivity contribution is 0.0954. The van der Waals surface area contributed by atoms with Crippen LogP contribution in [0.25, 0.3) is 0 Å². The number of rotatable bonds is 4. The van der Waals surface area contributed by atoms with Crippen LogP contribution in [0.4, 0.5) is 4.39 Å². The Balaban J connectivity index is 2.63. The maximum Gasteiger partial charge on any atom is 0.251 e. The molecule has 1 unspecified atom stereocenters. The molecular formula is C11H13BrFNOS. The summed E-state index contributed by atoms with van der Waals surface area (Å²) in [5.41, 5.74) is 0.460. The SMILES string of the molecule is CSC(C)CNC(=O)c1ccc(F)c(Br)c1. The summed E-state index contributed by atoms with van der Waals surface area (Å²) in [6.45, 7) is 2.64. The number of hydrogen-bond donors (Lipinski definition) is 1. The van der Waals surface area contributed by atoms with E-state index in [1.54, 1.807) is 11.8 Å². The van der Waals surface area contributed by atoms with Gasteiger partial charge >= 0.3 is 0 Å². The average Bonchev–Trinajstić information content (AvgIpc) is 2.29. The number of carbonyl (C=O) groups excluding carboxylic acids is 1. The quantitative estimate of drug-likeness (QED) is 0.926. The van der Waals surface area contributed by atoms with Crippen molar-refractivity contribution >= 4 is 33.6 Å². The van der Waals surface area contributed by atoms with E-state index < -0.39 is 0 Å². The molecule has 0 spiro atoms. The minimum Gasteiger partial charge on any atom is -0.351 e. The van der Waals surface area contributed by atoms with Gasteiger partial charge < -0.3 is 5.32 Å². The zero-order chi connectivity index (χ0) is 12.1. The van der Waals surface area contributed by atoms with Crippen LogP contribution in [0.3, 0.4) is 0 Å². The number of nitrogens with one attached hydrogen (secondary N) is 1. The van der Waals surface area contributed by atoms with E-state index in [2.05, 4.69) is 21.2 Å². The number of halogens is 2. The predicted octanol–water partition coefficient (Wildman–Crippen LogP) is 3.07. The van der Waals surface area contributed by atoms with Crippen molar-refractivity contribution in [1.82, 2.24) is 5.32 Å². The third-order valence-electron chi connectivity index (χ3n) is 2.13. The molecule has 1 atom stereocenters. The molecule has 88 valence electrons. The van der Waals surface area contributed by atoms with E-state index in [4.69, 9.17) is 0 Å². The fourth-order valence-electron chi connectivity index (χ4n) is 1.06. The molecule has 0 bridgehead atoms. The molecular weight excluding hydrogens is 293 g/mol. The molecule has 2 nitrogen and oxygen atoms in total. The smallest absolute Gasteiger partial charge is 0.251 e. The van der Waals surface area contributed by atoms with E-state index in [-0.39, 0.29) is 11.7 Å². The topological polar surface area (TPSA) is 29.1 Å². The summed E-state index contributed by atoms with van der Waals surface area (Å²) >= 11 is 4.73. The lowest BCUT2D eigenvalue weighted by atomic mass is 10.2. The Kier molecular flexibility index (Phi) is 5.28. The second kappa shape index (κ2) is 6.25. The molecule has 5 heteroatoms. The molecule has 16 heavy (non-hydrogen) atoms. The van der Waals surface area contributed by atoms with E-state index in [1.807, 2.05) is 13.2 Å². The van der Waals surface area contributed by atoms with Crippen molar-refractivity contribution < 1.29 is 9.18 Å². The zero-order valence-electron chi connectivity index (χ0n) is 9.09. The van der Waals surface area contributed by atoms with Crippen LogP contribution in [0.2, 0.25) is 0 Å². The van der Waals surface area contributed by atoms with E-state index >= 15 is 0 Å². The van der Waals surface area contributed by atoms with Crippen molar-refractivity contribution in [3.63, 3.8) is 0 Å². The van der Waals surface area contributed by atoms with Crippen LogP contribution in [-0.4, -0.2) is 24.0 Å². The van der Waals surface area contributed by atoms with Gasteiger partial charge in [0.1, 0.15) is 5.82 Å². The molecule has 0 fully saturated rings. The minimum atomic E-state index is -0.367. The average molecular weight is 306 g/mol. The van der Waals surface area contributed by atoms with Crippen molar-refractivity contribution in [2.24, 2.45) is 0 Å². The summed E-state index contributed by atoms with van der Waals surface area (Å²) in [4.78, 5) is 11.7. The first kappa shape index (κ1) is 13.5. The van der Waals surface area contributed by atoms with Gasteiger partial charge in [-0.1, -0.05) is 6.92 Å². The monoisotopic (exact) mass is 305 g/mol. The van der Waals surface area contributed by atoms with Gasteiger partial charge in [0.25, 0.3) is 5.91 Å². The van der Waals surface area contributed by atoms with Crippen LogP contribution in [0.1, 0.15) is 17.3 Å². The Bertz CT molecular complexity index is 386. The summed E-state index contributed by atoms with van der Waals surface area (Å²) in [6.07, 6.45) is 1.99. The van der Waals surface area contributed by atoms with Crippen molar-refractivity contribution in [3.05, 3.63) is 34.1 Å². The first-order valence-electron chi connectivity index (χ1n) is 4.80. The summed E-state index contributed by atoms with van der Waals surface area (Å²) < 4.78 is 13.3. The van der Waals surface area contributed by atoms with Gasteiger partial charge in [-0.3, -0.25) is 4.79 Å². The van der Waals surface area contributed by atoms with Crippen LogP contribution < -0.4 is 5.32 Å². The fraction of sp³-hybridized carbons (Fsp3) is 0.364. The third kappa shape index (κ3) is 3.79. The van der Waals surface area contributed by atoms with Gasteiger partial charge in [0.15, 0.2) is 0 Å². The molecule has 0 heterocycles. The summed E-state index contributed by atoms with van der Waals surface area (Å²) in [5.74, 6) is -0.546. The first-order valence-corrected chi connectivity index (χ1v) is 6.88. The van der Waals surface area contributed by atoms with Crippen LogP contribution >= 0.6 is 27.7 Å². The Morgan fingerprint density at radius 1 is 1.62 bits per heavy atom. The van der Waals surface area contributed by atoms with Gasteiger partial charge in [-0.05, 0) is 40.4 Å². The molecule has 0 aromatic heterocycles. The number of thioether (sulfide) groups is 1. The summed E-state index contributed by atoms with van der Waals surface area (Å²) in [7, 11) is 0. The van der Waals surface area contributed by atoms with E-state index in [0.29, 0.717) is 21.8 Å². The highest BCUT2D eigenvalue weighted by Gasteiger charge is 2.09. The highest BCUT2D eigenvalue weighted by molar-refractivity contribution is 9.10. The summed E-state index contributed by atoms with van der Waals surface area (Å²) in [5, 5.41) is 3.16. The maximum atomic E-state index is 12.9. The highest BCUT2D eigenvalue weighted by atomic mass is 79.9. The minimum absolute atomic E-state index is 0.179.